The molecule has 1 aliphatic heterocycles. The third kappa shape index (κ3) is 4.24. The summed E-state index contributed by atoms with van der Waals surface area (Å²) in [6.45, 7) is 0.548. The number of hydrogen-bond donors (Lipinski definition) is 1. The fraction of sp³-hybridized carbons (Fsp3) is 0.235. The smallest absolute Gasteiger partial charge is 0.412 e. The van der Waals surface area contributed by atoms with Gasteiger partial charge in [-0.05, 0) is 30.2 Å². The van der Waals surface area contributed by atoms with Gasteiger partial charge < -0.3 is 4.74 Å². The molecule has 1 heterocycles. The van der Waals surface area contributed by atoms with Crippen LogP contribution in [0.5, 0.6) is 0 Å². The standard InChI is InChI=1S/C17H17ClN2O4S/c18-15-8-7-14(20-9-4-10-25(20,22)23)11-16(15)19-17(21)24-12-13-5-2-1-3-6-13/h1-3,5-8,11H,4,9-10,12H2,(H,19,21). The zero-order valence-electron chi connectivity index (χ0n) is 13.3. The maximum absolute atomic E-state index is 12.0. The Balaban J connectivity index is 1.69. The first-order chi connectivity index (χ1) is 12.0. The number of nitrogens with zero attached hydrogens (tertiary/aromatic N) is 1. The average Bonchev–Trinajstić information content (AvgIpc) is 2.95. The van der Waals surface area contributed by atoms with Crippen LogP contribution in [0.4, 0.5) is 16.2 Å². The van der Waals surface area contributed by atoms with Crippen LogP contribution >= 0.6 is 11.6 Å². The van der Waals surface area contributed by atoms with Crippen LogP contribution in [0.25, 0.3) is 0 Å². The van der Waals surface area contributed by atoms with Crippen LogP contribution in [0, 0.1) is 0 Å². The number of sulfonamides is 1. The molecule has 0 bridgehead atoms. The second-order valence-corrected chi connectivity index (χ2v) is 8.01. The first-order valence-corrected chi connectivity index (χ1v) is 9.72. The Bertz CT molecular complexity index is 871. The molecule has 1 fully saturated rings. The molecule has 0 aromatic heterocycles. The molecular formula is C17H17ClN2O4S. The molecule has 0 saturated carbocycles. The van der Waals surface area contributed by atoms with Gasteiger partial charge >= 0.3 is 6.09 Å². The van der Waals surface area contributed by atoms with Crippen molar-refractivity contribution in [3.05, 3.63) is 59.1 Å². The molecule has 0 atom stereocenters. The Morgan fingerprint density at radius 2 is 1.96 bits per heavy atom. The number of benzene rings is 2. The van der Waals surface area contributed by atoms with Crippen molar-refractivity contribution in [2.75, 3.05) is 21.9 Å². The van der Waals surface area contributed by atoms with Gasteiger partial charge in [0.2, 0.25) is 10.0 Å². The van der Waals surface area contributed by atoms with Gasteiger partial charge in [0.1, 0.15) is 6.61 Å². The average molecular weight is 381 g/mol. The van der Waals surface area contributed by atoms with Crippen molar-refractivity contribution in [2.45, 2.75) is 13.0 Å². The topological polar surface area (TPSA) is 75.7 Å². The molecule has 1 N–H and O–H groups in total. The Kier molecular flexibility index (Phi) is 5.15. The van der Waals surface area contributed by atoms with E-state index in [0.717, 1.165) is 5.56 Å². The van der Waals surface area contributed by atoms with Crippen LogP contribution in [0.2, 0.25) is 5.02 Å². The van der Waals surface area contributed by atoms with Gasteiger partial charge in [0, 0.05) is 6.54 Å². The molecular weight excluding hydrogens is 364 g/mol. The molecule has 6 nitrogen and oxygen atoms in total. The van der Waals surface area contributed by atoms with Crippen molar-refractivity contribution in [2.24, 2.45) is 0 Å². The van der Waals surface area contributed by atoms with Crippen molar-refractivity contribution in [1.29, 1.82) is 0 Å². The van der Waals surface area contributed by atoms with Gasteiger partial charge in [-0.1, -0.05) is 41.9 Å². The molecule has 132 valence electrons. The predicted molar refractivity (Wildman–Crippen MR) is 97.5 cm³/mol. The summed E-state index contributed by atoms with van der Waals surface area (Å²) in [6.07, 6.45) is -0.0838. The fourth-order valence-electron chi connectivity index (χ4n) is 2.56. The fourth-order valence-corrected chi connectivity index (χ4v) is 4.28. The minimum atomic E-state index is -3.30. The van der Waals surface area contributed by atoms with Gasteiger partial charge in [0.25, 0.3) is 0 Å². The Hall–Kier alpha value is -2.25. The van der Waals surface area contributed by atoms with Gasteiger partial charge in [0.05, 0.1) is 22.2 Å². The van der Waals surface area contributed by atoms with Crippen molar-refractivity contribution >= 4 is 39.1 Å². The molecule has 0 radical (unpaired) electrons. The van der Waals surface area contributed by atoms with Crippen LogP contribution < -0.4 is 9.62 Å². The molecule has 3 rings (SSSR count). The molecule has 8 heteroatoms. The molecule has 1 amide bonds. The third-order valence-corrected chi connectivity index (χ3v) is 5.99. The van der Waals surface area contributed by atoms with Gasteiger partial charge in [-0.15, -0.1) is 0 Å². The third-order valence-electron chi connectivity index (χ3n) is 3.79. The van der Waals surface area contributed by atoms with Crippen LogP contribution in [0.15, 0.2) is 48.5 Å². The van der Waals surface area contributed by atoms with E-state index in [1.807, 2.05) is 30.3 Å². The minimum Gasteiger partial charge on any atom is -0.444 e. The van der Waals surface area contributed by atoms with Crippen LogP contribution in [0.3, 0.4) is 0 Å². The molecule has 1 aliphatic rings. The zero-order chi connectivity index (χ0) is 17.9. The monoisotopic (exact) mass is 380 g/mol. The van der Waals surface area contributed by atoms with E-state index in [4.69, 9.17) is 16.3 Å². The number of rotatable bonds is 4. The Morgan fingerprint density at radius 1 is 1.20 bits per heavy atom. The lowest BCUT2D eigenvalue weighted by Gasteiger charge is -2.18. The van der Waals surface area contributed by atoms with Crippen LogP contribution in [-0.2, 0) is 21.4 Å². The number of anilines is 2. The van der Waals surface area contributed by atoms with Crippen LogP contribution in [-0.4, -0.2) is 26.8 Å². The van der Waals surface area contributed by atoms with E-state index >= 15 is 0 Å². The summed E-state index contributed by atoms with van der Waals surface area (Å²) in [7, 11) is -3.30. The SMILES string of the molecule is O=C(Nc1cc(N2CCCS2(=O)=O)ccc1Cl)OCc1ccccc1. The molecule has 0 unspecified atom stereocenters. The minimum absolute atomic E-state index is 0.123. The van der Waals surface area contributed by atoms with E-state index in [-0.39, 0.29) is 12.4 Å². The largest absolute Gasteiger partial charge is 0.444 e. The Morgan fingerprint density at radius 3 is 2.64 bits per heavy atom. The second-order valence-electron chi connectivity index (χ2n) is 5.59. The van der Waals surface area contributed by atoms with E-state index in [1.54, 1.807) is 12.1 Å². The summed E-state index contributed by atoms with van der Waals surface area (Å²) < 4.78 is 30.5. The number of ether oxygens (including phenoxy) is 1. The van der Waals surface area contributed by atoms with Crippen molar-refractivity contribution < 1.29 is 17.9 Å². The lowest BCUT2D eigenvalue weighted by atomic mass is 10.2. The van der Waals surface area contributed by atoms with Crippen molar-refractivity contribution in [1.82, 2.24) is 0 Å². The quantitative estimate of drug-likeness (QED) is 0.878. The summed E-state index contributed by atoms with van der Waals surface area (Å²) >= 11 is 6.10. The van der Waals surface area contributed by atoms with E-state index in [1.165, 1.54) is 10.4 Å². The predicted octanol–water partition coefficient (Wildman–Crippen LogP) is 3.63. The van der Waals surface area contributed by atoms with E-state index < -0.39 is 16.1 Å². The number of hydrogen-bond acceptors (Lipinski definition) is 4. The number of amides is 1. The summed E-state index contributed by atoms with van der Waals surface area (Å²) in [5.41, 5.74) is 1.64. The molecule has 2 aromatic rings. The molecule has 0 aliphatic carbocycles. The molecule has 1 saturated heterocycles. The van der Waals surface area contributed by atoms with Crippen molar-refractivity contribution in [3.63, 3.8) is 0 Å². The van der Waals surface area contributed by atoms with Gasteiger partial charge in [-0.2, -0.15) is 0 Å². The second kappa shape index (κ2) is 7.33. The van der Waals surface area contributed by atoms with E-state index in [0.29, 0.717) is 29.4 Å². The first-order valence-electron chi connectivity index (χ1n) is 7.73. The van der Waals surface area contributed by atoms with Gasteiger partial charge in [-0.3, -0.25) is 9.62 Å². The molecule has 0 spiro atoms. The highest BCUT2D eigenvalue weighted by Crippen LogP contribution is 2.31. The Labute approximate surface area is 151 Å². The summed E-state index contributed by atoms with van der Waals surface area (Å²) in [6, 6.07) is 14.0. The number of carbonyl (C=O) groups excluding carboxylic acids is 1. The summed E-state index contributed by atoms with van der Waals surface area (Å²) in [4.78, 5) is 12.0. The van der Waals surface area contributed by atoms with Gasteiger partial charge in [0.15, 0.2) is 0 Å². The highest BCUT2D eigenvalue weighted by Gasteiger charge is 2.28. The number of nitrogens with one attached hydrogen (secondary N) is 1. The number of halogens is 1. The van der Waals surface area contributed by atoms with E-state index in [2.05, 4.69) is 5.32 Å². The van der Waals surface area contributed by atoms with Crippen LogP contribution in [0.1, 0.15) is 12.0 Å². The molecule has 2 aromatic carbocycles. The summed E-state index contributed by atoms with van der Waals surface area (Å²) in [5, 5.41) is 2.86. The first kappa shape index (κ1) is 17.6. The molecule has 25 heavy (non-hydrogen) atoms. The zero-order valence-corrected chi connectivity index (χ0v) is 14.9. The lowest BCUT2D eigenvalue weighted by molar-refractivity contribution is 0.155. The lowest BCUT2D eigenvalue weighted by Crippen LogP contribution is -2.25. The van der Waals surface area contributed by atoms with Gasteiger partial charge in [-0.25, -0.2) is 13.2 Å². The maximum Gasteiger partial charge on any atom is 0.412 e. The highest BCUT2D eigenvalue weighted by atomic mass is 35.5. The highest BCUT2D eigenvalue weighted by molar-refractivity contribution is 7.93. The summed E-state index contributed by atoms with van der Waals surface area (Å²) in [5.74, 6) is 0.123. The van der Waals surface area contributed by atoms with E-state index in [9.17, 15) is 13.2 Å². The maximum atomic E-state index is 12.0. The number of carbonyl (C=O) groups is 1. The van der Waals surface area contributed by atoms with Crippen molar-refractivity contribution in [3.8, 4) is 0 Å². The normalized spacial score (nSPS) is 15.8.